The van der Waals surface area contributed by atoms with Crippen LogP contribution in [0, 0.1) is 6.92 Å². The van der Waals surface area contributed by atoms with Gasteiger partial charge in [0.15, 0.2) is 11.5 Å². The van der Waals surface area contributed by atoms with Gasteiger partial charge in [0.1, 0.15) is 5.52 Å². The third kappa shape index (κ3) is 4.06. The Morgan fingerprint density at radius 3 is 2.56 bits per heavy atom. The van der Waals surface area contributed by atoms with Crippen LogP contribution in [-0.2, 0) is 11.0 Å². The Hall–Kier alpha value is -3.09. The molecule has 25 heavy (non-hydrogen) atoms. The van der Waals surface area contributed by atoms with Crippen molar-refractivity contribution in [3.05, 3.63) is 65.6 Å². The Morgan fingerprint density at radius 1 is 1.16 bits per heavy atom. The summed E-state index contributed by atoms with van der Waals surface area (Å²) in [7, 11) is 0. The van der Waals surface area contributed by atoms with Crippen LogP contribution in [0.4, 0.5) is 18.9 Å². The average molecular weight is 346 g/mol. The fourth-order valence-corrected chi connectivity index (χ4v) is 2.26. The van der Waals surface area contributed by atoms with E-state index in [0.717, 1.165) is 12.1 Å². The molecule has 1 heterocycles. The van der Waals surface area contributed by atoms with Crippen LogP contribution in [0.15, 0.2) is 53.0 Å². The summed E-state index contributed by atoms with van der Waals surface area (Å²) >= 11 is 0. The van der Waals surface area contributed by atoms with Gasteiger partial charge in [-0.1, -0.05) is 12.1 Å². The number of anilines is 1. The van der Waals surface area contributed by atoms with E-state index >= 15 is 0 Å². The number of alkyl halides is 3. The van der Waals surface area contributed by atoms with E-state index in [2.05, 4.69) is 10.3 Å². The molecule has 3 aromatic rings. The number of carbonyl (C=O) groups excluding carboxylic acids is 1. The van der Waals surface area contributed by atoms with Gasteiger partial charge in [0, 0.05) is 18.7 Å². The minimum Gasteiger partial charge on any atom is -0.441 e. The summed E-state index contributed by atoms with van der Waals surface area (Å²) in [5, 5.41) is 2.66. The molecule has 1 amide bonds. The molecule has 128 valence electrons. The van der Waals surface area contributed by atoms with Crippen molar-refractivity contribution in [3.8, 4) is 0 Å². The molecule has 0 saturated heterocycles. The molecule has 0 aliphatic heterocycles. The molecule has 1 aromatic heterocycles. The van der Waals surface area contributed by atoms with E-state index in [1.54, 1.807) is 25.1 Å². The normalized spacial score (nSPS) is 12.0. The number of fused-ring (bicyclic) bond motifs is 1. The van der Waals surface area contributed by atoms with E-state index in [1.165, 1.54) is 24.3 Å². The zero-order valence-electron chi connectivity index (χ0n) is 13.1. The van der Waals surface area contributed by atoms with Crippen LogP contribution in [0.25, 0.3) is 17.2 Å². The van der Waals surface area contributed by atoms with Crippen molar-refractivity contribution in [2.75, 3.05) is 5.32 Å². The van der Waals surface area contributed by atoms with Gasteiger partial charge in [-0.05, 0) is 42.0 Å². The molecule has 0 bridgehead atoms. The lowest BCUT2D eigenvalue weighted by molar-refractivity contribution is -0.137. The van der Waals surface area contributed by atoms with Gasteiger partial charge in [-0.2, -0.15) is 13.2 Å². The number of aryl methyl sites for hydroxylation is 1. The van der Waals surface area contributed by atoms with Crippen molar-refractivity contribution in [2.45, 2.75) is 13.1 Å². The third-order valence-electron chi connectivity index (χ3n) is 3.43. The fraction of sp³-hybridized carbons (Fsp3) is 0.111. The number of amides is 1. The van der Waals surface area contributed by atoms with Crippen molar-refractivity contribution < 1.29 is 22.4 Å². The van der Waals surface area contributed by atoms with Gasteiger partial charge < -0.3 is 9.73 Å². The van der Waals surface area contributed by atoms with Gasteiger partial charge in [-0.3, -0.25) is 4.79 Å². The summed E-state index contributed by atoms with van der Waals surface area (Å²) in [5.41, 5.74) is 1.55. The number of nitrogens with one attached hydrogen (secondary N) is 1. The van der Waals surface area contributed by atoms with Crippen molar-refractivity contribution >= 4 is 28.8 Å². The second kappa shape index (κ2) is 6.43. The lowest BCUT2D eigenvalue weighted by Gasteiger charge is -2.06. The number of carbonyl (C=O) groups is 1. The molecule has 0 aliphatic carbocycles. The molecule has 4 nitrogen and oxygen atoms in total. The van der Waals surface area contributed by atoms with E-state index in [-0.39, 0.29) is 0 Å². The van der Waals surface area contributed by atoms with Gasteiger partial charge >= 0.3 is 6.18 Å². The topological polar surface area (TPSA) is 55.1 Å². The standard InChI is InChI=1S/C18H13F3N2O2/c1-11-22-15-10-14(7-8-16(15)25-11)23-17(24)9-4-12-2-5-13(6-3-12)18(19,20)21/h2-10H,1H3,(H,23,24)/b9-4+. The van der Waals surface area contributed by atoms with Gasteiger partial charge in [-0.25, -0.2) is 4.98 Å². The van der Waals surface area contributed by atoms with E-state index in [4.69, 9.17) is 4.42 Å². The van der Waals surface area contributed by atoms with Crippen molar-refractivity contribution in [2.24, 2.45) is 0 Å². The molecule has 3 rings (SSSR count). The molecular formula is C18H13F3N2O2. The highest BCUT2D eigenvalue weighted by Gasteiger charge is 2.29. The number of benzene rings is 2. The molecule has 0 saturated carbocycles. The average Bonchev–Trinajstić information content (AvgIpc) is 2.92. The fourth-order valence-electron chi connectivity index (χ4n) is 2.26. The van der Waals surface area contributed by atoms with Crippen LogP contribution < -0.4 is 5.32 Å². The molecule has 0 fully saturated rings. The molecular weight excluding hydrogens is 333 g/mol. The molecule has 0 unspecified atom stereocenters. The second-order valence-corrected chi connectivity index (χ2v) is 5.36. The number of oxazole rings is 1. The Kier molecular flexibility index (Phi) is 4.31. The lowest BCUT2D eigenvalue weighted by atomic mass is 10.1. The largest absolute Gasteiger partial charge is 0.441 e. The van der Waals surface area contributed by atoms with Crippen LogP contribution in [0.3, 0.4) is 0 Å². The first kappa shape index (κ1) is 16.8. The lowest BCUT2D eigenvalue weighted by Crippen LogP contribution is -2.07. The van der Waals surface area contributed by atoms with Crippen LogP contribution in [-0.4, -0.2) is 10.9 Å². The van der Waals surface area contributed by atoms with E-state index in [0.29, 0.717) is 28.2 Å². The predicted octanol–water partition coefficient (Wildman–Crippen LogP) is 4.81. The molecule has 1 N–H and O–H groups in total. The smallest absolute Gasteiger partial charge is 0.416 e. The highest BCUT2D eigenvalue weighted by molar-refractivity contribution is 6.02. The number of rotatable bonds is 3. The minimum atomic E-state index is -4.38. The Bertz CT molecular complexity index is 941. The van der Waals surface area contributed by atoms with Gasteiger partial charge in [-0.15, -0.1) is 0 Å². The van der Waals surface area contributed by atoms with Crippen molar-refractivity contribution in [3.63, 3.8) is 0 Å². The molecule has 2 aromatic carbocycles. The number of aromatic nitrogens is 1. The monoisotopic (exact) mass is 346 g/mol. The Labute approximate surface area is 141 Å². The van der Waals surface area contributed by atoms with Crippen LogP contribution in [0.2, 0.25) is 0 Å². The van der Waals surface area contributed by atoms with E-state index in [9.17, 15) is 18.0 Å². The summed E-state index contributed by atoms with van der Waals surface area (Å²) in [4.78, 5) is 16.1. The molecule has 0 aliphatic rings. The number of hydrogen-bond donors (Lipinski definition) is 1. The summed E-state index contributed by atoms with van der Waals surface area (Å²) in [6.45, 7) is 1.73. The predicted molar refractivity (Wildman–Crippen MR) is 87.9 cm³/mol. The second-order valence-electron chi connectivity index (χ2n) is 5.36. The quantitative estimate of drug-likeness (QED) is 0.693. The zero-order chi connectivity index (χ0) is 18.0. The van der Waals surface area contributed by atoms with Gasteiger partial charge in [0.05, 0.1) is 5.56 Å². The number of halogens is 3. The summed E-state index contributed by atoms with van der Waals surface area (Å²) in [6, 6.07) is 9.60. The number of hydrogen-bond acceptors (Lipinski definition) is 3. The maximum absolute atomic E-state index is 12.5. The maximum atomic E-state index is 12.5. The summed E-state index contributed by atoms with van der Waals surface area (Å²) < 4.78 is 42.8. The first-order valence-electron chi connectivity index (χ1n) is 7.35. The highest BCUT2D eigenvalue weighted by atomic mass is 19.4. The summed E-state index contributed by atoms with van der Waals surface area (Å²) in [6.07, 6.45) is -1.69. The maximum Gasteiger partial charge on any atom is 0.416 e. The van der Waals surface area contributed by atoms with Crippen LogP contribution in [0.5, 0.6) is 0 Å². The zero-order valence-corrected chi connectivity index (χ0v) is 13.1. The molecule has 0 atom stereocenters. The van der Waals surface area contributed by atoms with E-state index in [1.807, 2.05) is 0 Å². The highest BCUT2D eigenvalue weighted by Crippen LogP contribution is 2.29. The molecule has 0 radical (unpaired) electrons. The Balaban J connectivity index is 1.67. The Morgan fingerprint density at radius 2 is 1.88 bits per heavy atom. The van der Waals surface area contributed by atoms with Crippen molar-refractivity contribution in [1.82, 2.24) is 4.98 Å². The van der Waals surface area contributed by atoms with Crippen molar-refractivity contribution in [1.29, 1.82) is 0 Å². The van der Waals surface area contributed by atoms with Gasteiger partial charge in [0.2, 0.25) is 5.91 Å². The number of nitrogens with zero attached hydrogens (tertiary/aromatic N) is 1. The minimum absolute atomic E-state index is 0.403. The SMILES string of the molecule is Cc1nc2cc(NC(=O)/C=C/c3ccc(C(F)(F)F)cc3)ccc2o1. The molecule has 0 spiro atoms. The first-order valence-corrected chi connectivity index (χ1v) is 7.35. The van der Waals surface area contributed by atoms with E-state index < -0.39 is 17.6 Å². The van der Waals surface area contributed by atoms with Crippen LogP contribution >= 0.6 is 0 Å². The third-order valence-corrected chi connectivity index (χ3v) is 3.43. The first-order chi connectivity index (χ1) is 11.8. The summed E-state index contributed by atoms with van der Waals surface area (Å²) in [5.74, 6) is 0.125. The van der Waals surface area contributed by atoms with Gasteiger partial charge in [0.25, 0.3) is 0 Å². The van der Waals surface area contributed by atoms with Crippen LogP contribution in [0.1, 0.15) is 17.0 Å². The molecule has 7 heteroatoms.